The number of carboxylic acid groups (broad SMARTS) is 1. The molecule has 0 unspecified atom stereocenters. The Bertz CT molecular complexity index is 191. The minimum Gasteiger partial charge on any atom is -0.465 e. The van der Waals surface area contributed by atoms with Crippen molar-refractivity contribution < 1.29 is 19.4 Å². The van der Waals surface area contributed by atoms with Gasteiger partial charge in [-0.3, -0.25) is 4.79 Å². The maximum absolute atomic E-state index is 10.9. The van der Waals surface area contributed by atoms with Crippen molar-refractivity contribution in [2.24, 2.45) is 0 Å². The lowest BCUT2D eigenvalue weighted by Gasteiger charge is -2.28. The topological polar surface area (TPSA) is 66.8 Å². The van der Waals surface area contributed by atoms with Crippen molar-refractivity contribution in [2.75, 3.05) is 13.2 Å². The van der Waals surface area contributed by atoms with Gasteiger partial charge < -0.3 is 9.84 Å². The second-order valence-electron chi connectivity index (χ2n) is 2.41. The van der Waals surface area contributed by atoms with Gasteiger partial charge in [-0.25, -0.2) is 9.69 Å². The molecule has 1 aliphatic heterocycles. The summed E-state index contributed by atoms with van der Waals surface area (Å²) in [7, 11) is 0. The molecule has 5 heteroatoms. The smallest absolute Gasteiger partial charge is 0.414 e. The number of imide groups is 1. The molecule has 2 amide bonds. The summed E-state index contributed by atoms with van der Waals surface area (Å²) in [5.41, 5.74) is 0. The summed E-state index contributed by atoms with van der Waals surface area (Å²) in [6.07, 6.45) is -1.20. The average Bonchev–Trinajstić information content (AvgIpc) is 1.85. The molecular formula is C6H9NO4. The molecule has 1 saturated heterocycles. The Morgan fingerprint density at radius 1 is 1.82 bits per heavy atom. The summed E-state index contributed by atoms with van der Waals surface area (Å²) in [6, 6.07) is -0.367. The first-order valence-corrected chi connectivity index (χ1v) is 3.25. The van der Waals surface area contributed by atoms with Crippen molar-refractivity contribution in [3.8, 4) is 0 Å². The minimum absolute atomic E-state index is 0.128. The monoisotopic (exact) mass is 159 g/mol. The number of ether oxygens (including phenoxy) is 1. The number of rotatable bonds is 0. The van der Waals surface area contributed by atoms with Crippen molar-refractivity contribution in [1.82, 2.24) is 4.90 Å². The van der Waals surface area contributed by atoms with Crippen LogP contribution in [0.25, 0.3) is 0 Å². The summed E-state index contributed by atoms with van der Waals surface area (Å²) >= 11 is 0. The molecule has 0 aromatic rings. The molecule has 1 N–H and O–H groups in total. The molecule has 0 bridgehead atoms. The normalized spacial score (nSPS) is 25.4. The zero-order chi connectivity index (χ0) is 8.43. The van der Waals surface area contributed by atoms with Crippen molar-refractivity contribution in [1.29, 1.82) is 0 Å². The molecule has 1 rings (SSSR count). The van der Waals surface area contributed by atoms with Gasteiger partial charge in [-0.05, 0) is 6.92 Å². The first-order chi connectivity index (χ1) is 5.13. The number of hydrogen-bond donors (Lipinski definition) is 1. The van der Waals surface area contributed by atoms with E-state index in [1.807, 2.05) is 0 Å². The van der Waals surface area contributed by atoms with E-state index in [-0.39, 0.29) is 19.3 Å². The highest BCUT2D eigenvalue weighted by molar-refractivity contribution is 5.92. The van der Waals surface area contributed by atoms with E-state index in [2.05, 4.69) is 0 Å². The van der Waals surface area contributed by atoms with Gasteiger partial charge in [0.25, 0.3) is 5.91 Å². The van der Waals surface area contributed by atoms with E-state index in [0.29, 0.717) is 0 Å². The molecule has 62 valence electrons. The molecule has 5 nitrogen and oxygen atoms in total. The third-order valence-electron chi connectivity index (χ3n) is 1.50. The van der Waals surface area contributed by atoms with Gasteiger partial charge in [-0.2, -0.15) is 0 Å². The van der Waals surface area contributed by atoms with Gasteiger partial charge in [0.1, 0.15) is 6.61 Å². The Hall–Kier alpha value is -1.10. The minimum atomic E-state index is -1.20. The van der Waals surface area contributed by atoms with Gasteiger partial charge in [0, 0.05) is 0 Å². The van der Waals surface area contributed by atoms with Crippen LogP contribution in [0.4, 0.5) is 4.79 Å². The molecule has 1 heterocycles. The van der Waals surface area contributed by atoms with Crippen LogP contribution in [0, 0.1) is 0 Å². The highest BCUT2D eigenvalue weighted by atomic mass is 16.5. The molecule has 1 fully saturated rings. The SMILES string of the molecule is C[C@@H]1COCC(=O)N1C(=O)O. The summed E-state index contributed by atoms with van der Waals surface area (Å²) in [4.78, 5) is 22.1. The van der Waals surface area contributed by atoms with Crippen LogP contribution in [0.3, 0.4) is 0 Å². The summed E-state index contributed by atoms with van der Waals surface area (Å²) in [5, 5.41) is 8.53. The van der Waals surface area contributed by atoms with Crippen LogP contribution >= 0.6 is 0 Å². The van der Waals surface area contributed by atoms with E-state index in [1.54, 1.807) is 6.92 Å². The fourth-order valence-corrected chi connectivity index (χ4v) is 1.00. The lowest BCUT2D eigenvalue weighted by molar-refractivity contribution is -0.143. The Kier molecular flexibility index (Phi) is 2.09. The number of hydrogen-bond acceptors (Lipinski definition) is 3. The lowest BCUT2D eigenvalue weighted by atomic mass is 10.3. The maximum Gasteiger partial charge on any atom is 0.414 e. The number of morpholine rings is 1. The Labute approximate surface area is 63.5 Å². The molecular weight excluding hydrogens is 150 g/mol. The fourth-order valence-electron chi connectivity index (χ4n) is 1.00. The van der Waals surface area contributed by atoms with Crippen molar-refractivity contribution in [3.05, 3.63) is 0 Å². The van der Waals surface area contributed by atoms with Crippen molar-refractivity contribution in [3.63, 3.8) is 0 Å². The van der Waals surface area contributed by atoms with Crippen LogP contribution in [0.2, 0.25) is 0 Å². The molecule has 11 heavy (non-hydrogen) atoms. The van der Waals surface area contributed by atoms with Gasteiger partial charge in [-0.15, -0.1) is 0 Å². The third kappa shape index (κ3) is 1.48. The fraction of sp³-hybridized carbons (Fsp3) is 0.667. The molecule has 1 atom stereocenters. The molecule has 0 saturated carbocycles. The zero-order valence-corrected chi connectivity index (χ0v) is 6.11. The number of carbonyl (C=O) groups is 2. The average molecular weight is 159 g/mol. The predicted molar refractivity (Wildman–Crippen MR) is 35.2 cm³/mol. The van der Waals surface area contributed by atoms with Crippen LogP contribution < -0.4 is 0 Å². The molecule has 0 aliphatic carbocycles. The van der Waals surface area contributed by atoms with E-state index >= 15 is 0 Å². The maximum atomic E-state index is 10.9. The van der Waals surface area contributed by atoms with Crippen molar-refractivity contribution >= 4 is 12.0 Å². The number of nitrogens with zero attached hydrogens (tertiary/aromatic N) is 1. The van der Waals surface area contributed by atoms with Crippen LogP contribution in [0.5, 0.6) is 0 Å². The summed E-state index contributed by atoms with van der Waals surface area (Å²) < 4.78 is 4.82. The first-order valence-electron chi connectivity index (χ1n) is 3.25. The second-order valence-corrected chi connectivity index (χ2v) is 2.41. The van der Waals surface area contributed by atoms with E-state index in [9.17, 15) is 9.59 Å². The molecule has 0 aromatic heterocycles. The van der Waals surface area contributed by atoms with Gasteiger partial charge in [0.05, 0.1) is 12.6 Å². The third-order valence-corrected chi connectivity index (χ3v) is 1.50. The predicted octanol–water partition coefficient (Wildman–Crippen LogP) is -0.0883. The van der Waals surface area contributed by atoms with Gasteiger partial charge in [0.2, 0.25) is 0 Å². The Balaban J connectivity index is 2.70. The van der Waals surface area contributed by atoms with Crippen LogP contribution in [0.1, 0.15) is 6.92 Å². The molecule has 0 radical (unpaired) electrons. The largest absolute Gasteiger partial charge is 0.465 e. The standard InChI is InChI=1S/C6H9NO4/c1-4-2-11-3-5(8)7(4)6(9)10/h4H,2-3H2,1H3,(H,9,10)/t4-/m1/s1. The number of amides is 2. The van der Waals surface area contributed by atoms with Crippen LogP contribution in [-0.2, 0) is 9.53 Å². The Morgan fingerprint density at radius 3 is 2.82 bits per heavy atom. The van der Waals surface area contributed by atoms with E-state index in [0.717, 1.165) is 4.90 Å². The highest BCUT2D eigenvalue weighted by Crippen LogP contribution is 2.06. The van der Waals surface area contributed by atoms with E-state index in [4.69, 9.17) is 9.84 Å². The van der Waals surface area contributed by atoms with E-state index in [1.165, 1.54) is 0 Å². The Morgan fingerprint density at radius 2 is 2.45 bits per heavy atom. The van der Waals surface area contributed by atoms with Crippen LogP contribution in [0.15, 0.2) is 0 Å². The second kappa shape index (κ2) is 2.87. The molecule has 1 aliphatic rings. The lowest BCUT2D eigenvalue weighted by Crippen LogP contribution is -2.50. The van der Waals surface area contributed by atoms with Gasteiger partial charge in [-0.1, -0.05) is 0 Å². The summed E-state index contributed by atoms with van der Waals surface area (Å²) in [6.45, 7) is 1.79. The molecule has 0 spiro atoms. The van der Waals surface area contributed by atoms with Crippen molar-refractivity contribution in [2.45, 2.75) is 13.0 Å². The highest BCUT2D eigenvalue weighted by Gasteiger charge is 2.30. The van der Waals surface area contributed by atoms with E-state index < -0.39 is 12.0 Å². The summed E-state index contributed by atoms with van der Waals surface area (Å²) in [5.74, 6) is -0.490. The quantitative estimate of drug-likeness (QED) is 0.536. The first kappa shape index (κ1) is 8.00. The molecule has 0 aromatic carbocycles. The zero-order valence-electron chi connectivity index (χ0n) is 6.11. The van der Waals surface area contributed by atoms with Crippen LogP contribution in [-0.4, -0.2) is 41.3 Å². The number of carbonyl (C=O) groups excluding carboxylic acids is 1. The van der Waals surface area contributed by atoms with Gasteiger partial charge >= 0.3 is 6.09 Å². The van der Waals surface area contributed by atoms with Gasteiger partial charge in [0.15, 0.2) is 0 Å².